The standard InChI is InChI=1S/C15H25N3O/c1-11-16-15(7-2-3-8-15)14(19)18(11)13-6-10-17-9-4-5-12(13)17/h11-13,16H,2-10H2,1H3. The minimum Gasteiger partial charge on any atom is -0.321 e. The Morgan fingerprint density at radius 1 is 1.11 bits per heavy atom. The second-order valence-electron chi connectivity index (χ2n) is 6.92. The predicted molar refractivity (Wildman–Crippen MR) is 73.6 cm³/mol. The first-order valence-electron chi connectivity index (χ1n) is 8.06. The molecule has 4 nitrogen and oxygen atoms in total. The topological polar surface area (TPSA) is 35.6 Å². The second kappa shape index (κ2) is 4.19. The maximum Gasteiger partial charge on any atom is 0.244 e. The van der Waals surface area contributed by atoms with E-state index in [1.54, 1.807) is 0 Å². The number of carbonyl (C=O) groups excluding carboxylic acids is 1. The molecule has 1 saturated carbocycles. The molecular formula is C15H25N3O. The van der Waals surface area contributed by atoms with Gasteiger partial charge in [0.2, 0.25) is 5.91 Å². The summed E-state index contributed by atoms with van der Waals surface area (Å²) in [7, 11) is 0. The van der Waals surface area contributed by atoms with Crippen molar-refractivity contribution in [1.82, 2.24) is 15.1 Å². The summed E-state index contributed by atoms with van der Waals surface area (Å²) in [5, 5.41) is 3.64. The van der Waals surface area contributed by atoms with Crippen molar-refractivity contribution in [2.24, 2.45) is 0 Å². The Hall–Kier alpha value is -0.610. The number of fused-ring (bicyclic) bond motifs is 1. The molecule has 1 amide bonds. The van der Waals surface area contributed by atoms with E-state index < -0.39 is 0 Å². The van der Waals surface area contributed by atoms with E-state index in [1.807, 2.05) is 0 Å². The van der Waals surface area contributed by atoms with Gasteiger partial charge in [0.25, 0.3) is 0 Å². The van der Waals surface area contributed by atoms with Gasteiger partial charge in [-0.25, -0.2) is 0 Å². The van der Waals surface area contributed by atoms with Crippen LogP contribution in [0.5, 0.6) is 0 Å². The van der Waals surface area contributed by atoms with Crippen LogP contribution in [0, 0.1) is 0 Å². The lowest BCUT2D eigenvalue weighted by Crippen LogP contribution is -2.49. The molecule has 1 aliphatic carbocycles. The van der Waals surface area contributed by atoms with E-state index in [4.69, 9.17) is 0 Å². The summed E-state index contributed by atoms with van der Waals surface area (Å²) >= 11 is 0. The molecule has 19 heavy (non-hydrogen) atoms. The van der Waals surface area contributed by atoms with Crippen molar-refractivity contribution in [2.75, 3.05) is 13.1 Å². The van der Waals surface area contributed by atoms with Crippen molar-refractivity contribution in [2.45, 2.75) is 75.7 Å². The largest absolute Gasteiger partial charge is 0.321 e. The van der Waals surface area contributed by atoms with Crippen LogP contribution in [-0.2, 0) is 4.79 Å². The van der Waals surface area contributed by atoms with Crippen LogP contribution in [0.15, 0.2) is 0 Å². The predicted octanol–water partition coefficient (Wildman–Crippen LogP) is 1.31. The van der Waals surface area contributed by atoms with Crippen LogP contribution in [0.1, 0.15) is 51.9 Å². The Morgan fingerprint density at radius 2 is 1.89 bits per heavy atom. The number of nitrogens with zero attached hydrogens (tertiary/aromatic N) is 2. The quantitative estimate of drug-likeness (QED) is 0.775. The van der Waals surface area contributed by atoms with Gasteiger partial charge < -0.3 is 4.90 Å². The maximum atomic E-state index is 13.0. The van der Waals surface area contributed by atoms with Gasteiger partial charge in [-0.15, -0.1) is 0 Å². The lowest BCUT2D eigenvalue weighted by molar-refractivity contribution is -0.135. The van der Waals surface area contributed by atoms with Crippen LogP contribution in [0.4, 0.5) is 0 Å². The van der Waals surface area contributed by atoms with E-state index in [9.17, 15) is 4.79 Å². The van der Waals surface area contributed by atoms with Crippen LogP contribution >= 0.6 is 0 Å². The summed E-state index contributed by atoms with van der Waals surface area (Å²) in [6, 6.07) is 1.11. The molecule has 1 N–H and O–H groups in total. The highest BCUT2D eigenvalue weighted by Gasteiger charge is 2.55. The van der Waals surface area contributed by atoms with Crippen molar-refractivity contribution < 1.29 is 4.79 Å². The van der Waals surface area contributed by atoms with Gasteiger partial charge in [0.05, 0.1) is 17.7 Å². The SMILES string of the molecule is CC1NC2(CCCC2)C(=O)N1C1CCN2CCCC12. The highest BCUT2D eigenvalue weighted by molar-refractivity contribution is 5.89. The molecule has 3 atom stereocenters. The molecule has 0 aromatic carbocycles. The third-order valence-electron chi connectivity index (χ3n) is 5.93. The molecule has 0 aromatic heterocycles. The van der Waals surface area contributed by atoms with Crippen molar-refractivity contribution >= 4 is 5.91 Å². The van der Waals surface area contributed by atoms with E-state index in [2.05, 4.69) is 22.0 Å². The molecule has 3 saturated heterocycles. The van der Waals surface area contributed by atoms with Gasteiger partial charge in [-0.2, -0.15) is 0 Å². The molecule has 3 unspecified atom stereocenters. The normalized spacial score (nSPS) is 41.6. The molecule has 3 aliphatic heterocycles. The Labute approximate surface area is 115 Å². The molecule has 0 aromatic rings. The van der Waals surface area contributed by atoms with Gasteiger partial charge in [-0.1, -0.05) is 12.8 Å². The van der Waals surface area contributed by atoms with Gasteiger partial charge in [0.15, 0.2) is 0 Å². The molecular weight excluding hydrogens is 238 g/mol. The molecule has 4 fully saturated rings. The van der Waals surface area contributed by atoms with E-state index >= 15 is 0 Å². The first-order chi connectivity index (χ1) is 9.21. The smallest absolute Gasteiger partial charge is 0.244 e. The van der Waals surface area contributed by atoms with E-state index in [-0.39, 0.29) is 11.7 Å². The highest BCUT2D eigenvalue weighted by Crippen LogP contribution is 2.40. The Morgan fingerprint density at radius 3 is 2.68 bits per heavy atom. The van der Waals surface area contributed by atoms with Crippen molar-refractivity contribution in [1.29, 1.82) is 0 Å². The molecule has 0 bridgehead atoms. The monoisotopic (exact) mass is 263 g/mol. The van der Waals surface area contributed by atoms with E-state index in [0.717, 1.165) is 12.8 Å². The van der Waals surface area contributed by atoms with Gasteiger partial charge in [-0.3, -0.25) is 15.0 Å². The lowest BCUT2D eigenvalue weighted by atomic mass is 9.96. The molecule has 1 spiro atoms. The number of hydrogen-bond donors (Lipinski definition) is 1. The average Bonchev–Trinajstić information content (AvgIpc) is 3.08. The summed E-state index contributed by atoms with van der Waals surface area (Å²) in [6.45, 7) is 4.62. The number of rotatable bonds is 1. The second-order valence-corrected chi connectivity index (χ2v) is 6.92. The summed E-state index contributed by atoms with van der Waals surface area (Å²) in [5.41, 5.74) is -0.189. The number of carbonyl (C=O) groups is 1. The number of hydrogen-bond acceptors (Lipinski definition) is 3. The first-order valence-corrected chi connectivity index (χ1v) is 8.06. The zero-order valence-corrected chi connectivity index (χ0v) is 11.9. The third-order valence-corrected chi connectivity index (χ3v) is 5.93. The number of nitrogens with one attached hydrogen (secondary N) is 1. The Kier molecular flexibility index (Phi) is 2.68. The molecule has 3 heterocycles. The highest BCUT2D eigenvalue weighted by atomic mass is 16.2. The van der Waals surface area contributed by atoms with Gasteiger partial charge >= 0.3 is 0 Å². The Balaban J connectivity index is 1.59. The van der Waals surface area contributed by atoms with Crippen LogP contribution in [0.3, 0.4) is 0 Å². The fraction of sp³-hybridized carbons (Fsp3) is 0.933. The molecule has 106 valence electrons. The fourth-order valence-corrected chi connectivity index (χ4v) is 5.11. The summed E-state index contributed by atoms with van der Waals surface area (Å²) in [4.78, 5) is 17.8. The maximum absolute atomic E-state index is 13.0. The zero-order valence-electron chi connectivity index (χ0n) is 11.9. The van der Waals surface area contributed by atoms with Crippen LogP contribution in [0.2, 0.25) is 0 Å². The van der Waals surface area contributed by atoms with Crippen molar-refractivity contribution in [3.63, 3.8) is 0 Å². The minimum absolute atomic E-state index is 0.189. The summed E-state index contributed by atoms with van der Waals surface area (Å²) < 4.78 is 0. The molecule has 4 rings (SSSR count). The Bertz CT molecular complexity index is 391. The lowest BCUT2D eigenvalue weighted by Gasteiger charge is -2.32. The minimum atomic E-state index is -0.189. The van der Waals surface area contributed by atoms with Gasteiger partial charge in [0.1, 0.15) is 0 Å². The molecule has 4 aliphatic rings. The van der Waals surface area contributed by atoms with Gasteiger partial charge in [0, 0.05) is 12.6 Å². The molecule has 0 radical (unpaired) electrons. The number of amides is 1. The third kappa shape index (κ3) is 1.62. The summed E-state index contributed by atoms with van der Waals surface area (Å²) in [6.07, 6.45) is 8.53. The van der Waals surface area contributed by atoms with Crippen LogP contribution in [-0.4, -0.2) is 52.6 Å². The van der Waals surface area contributed by atoms with E-state index in [0.29, 0.717) is 18.0 Å². The first kappa shape index (κ1) is 12.2. The van der Waals surface area contributed by atoms with Crippen molar-refractivity contribution in [3.8, 4) is 0 Å². The van der Waals surface area contributed by atoms with Crippen LogP contribution in [0.25, 0.3) is 0 Å². The van der Waals surface area contributed by atoms with E-state index in [1.165, 1.54) is 45.2 Å². The van der Waals surface area contributed by atoms with Gasteiger partial charge in [-0.05, 0) is 45.6 Å². The summed E-state index contributed by atoms with van der Waals surface area (Å²) in [5.74, 6) is 0.413. The zero-order chi connectivity index (χ0) is 13.0. The average molecular weight is 263 g/mol. The van der Waals surface area contributed by atoms with Crippen molar-refractivity contribution in [3.05, 3.63) is 0 Å². The van der Waals surface area contributed by atoms with Crippen LogP contribution < -0.4 is 5.32 Å². The molecule has 4 heteroatoms. The fourth-order valence-electron chi connectivity index (χ4n) is 5.11.